The van der Waals surface area contributed by atoms with Crippen molar-refractivity contribution >= 4 is 18.6 Å². The summed E-state index contributed by atoms with van der Waals surface area (Å²) < 4.78 is 0. The Kier molecular flexibility index (Phi) is 5.77. The van der Waals surface area contributed by atoms with Crippen LogP contribution in [0.2, 0.25) is 0 Å². The molecule has 0 spiro atoms. The highest BCUT2D eigenvalue weighted by atomic mass is 14.4. The average molecular weight is 383 g/mol. The monoisotopic (exact) mass is 383 g/mol. The molecule has 7 nitrogen and oxygen atoms in total. The topological polar surface area (TPSA) is 167 Å². The van der Waals surface area contributed by atoms with Crippen LogP contribution in [0.3, 0.4) is 0 Å². The van der Waals surface area contributed by atoms with Crippen LogP contribution in [0.4, 0.5) is 0 Å². The van der Waals surface area contributed by atoms with Gasteiger partial charge in [-0.1, -0.05) is 26.7 Å². The lowest BCUT2D eigenvalue weighted by atomic mass is 9.60. The van der Waals surface area contributed by atoms with Crippen molar-refractivity contribution in [2.45, 2.75) is 32.0 Å². The average Bonchev–Trinajstić information content (AvgIpc) is 2.74. The normalized spacial score (nSPS) is 11.4. The first kappa shape index (κ1) is 21.5. The Labute approximate surface area is 174 Å². The quantitative estimate of drug-likeness (QED) is 0.734. The zero-order chi connectivity index (χ0) is 22.6. The zero-order valence-corrected chi connectivity index (χ0v) is 16.1. The van der Waals surface area contributed by atoms with E-state index in [1.54, 1.807) is 25.1 Å². The van der Waals surface area contributed by atoms with E-state index in [0.29, 0.717) is 12.8 Å². The summed E-state index contributed by atoms with van der Waals surface area (Å²) in [6.45, 7) is 3.46. The highest BCUT2D eigenvalue weighted by Crippen LogP contribution is 2.42. The SMILES string of the molecule is [B]C(C)(CCC)c1c(C#N)c(C#N)c2c(C#N)c(C#N)c(C#N)c(C#N)c2c1C#N. The molecular formula is C22H10BN7. The highest BCUT2D eigenvalue weighted by Gasteiger charge is 2.34. The largest absolute Gasteiger partial charge is 0.192 e. The first-order valence-electron chi connectivity index (χ1n) is 8.66. The van der Waals surface area contributed by atoms with Crippen LogP contribution in [0.1, 0.15) is 71.2 Å². The van der Waals surface area contributed by atoms with Gasteiger partial charge < -0.3 is 0 Å². The van der Waals surface area contributed by atoms with Crippen molar-refractivity contribution in [1.82, 2.24) is 0 Å². The number of rotatable bonds is 3. The van der Waals surface area contributed by atoms with E-state index in [1.165, 1.54) is 0 Å². The van der Waals surface area contributed by atoms with Crippen LogP contribution in [-0.4, -0.2) is 7.85 Å². The van der Waals surface area contributed by atoms with Crippen molar-refractivity contribution in [2.75, 3.05) is 0 Å². The number of fused-ring (bicyclic) bond motifs is 1. The smallest absolute Gasteiger partial charge is 0.102 e. The van der Waals surface area contributed by atoms with Gasteiger partial charge in [-0.3, -0.25) is 0 Å². The van der Waals surface area contributed by atoms with Gasteiger partial charge in [-0.15, -0.1) is 0 Å². The molecule has 0 heterocycles. The molecule has 30 heavy (non-hydrogen) atoms. The summed E-state index contributed by atoms with van der Waals surface area (Å²) >= 11 is 0. The van der Waals surface area contributed by atoms with Crippen LogP contribution >= 0.6 is 0 Å². The van der Waals surface area contributed by atoms with Crippen molar-refractivity contribution in [3.8, 4) is 42.5 Å². The van der Waals surface area contributed by atoms with E-state index >= 15 is 0 Å². The third-order valence-corrected chi connectivity index (χ3v) is 4.87. The minimum Gasteiger partial charge on any atom is -0.192 e. The van der Waals surface area contributed by atoms with E-state index in [1.807, 2.05) is 31.2 Å². The van der Waals surface area contributed by atoms with Crippen molar-refractivity contribution in [1.29, 1.82) is 36.8 Å². The minimum absolute atomic E-state index is 0.0763. The van der Waals surface area contributed by atoms with Crippen LogP contribution in [0.15, 0.2) is 0 Å². The van der Waals surface area contributed by atoms with Gasteiger partial charge in [0.05, 0.1) is 46.8 Å². The molecule has 0 N–H and O–H groups in total. The fraction of sp³-hybridized carbons (Fsp3) is 0.227. The fourth-order valence-corrected chi connectivity index (χ4v) is 3.75. The summed E-state index contributed by atoms with van der Waals surface area (Å²) in [7, 11) is 6.43. The maximum atomic E-state index is 9.97. The van der Waals surface area contributed by atoms with Gasteiger partial charge in [0.15, 0.2) is 0 Å². The third-order valence-electron chi connectivity index (χ3n) is 4.87. The summed E-state index contributed by atoms with van der Waals surface area (Å²) in [5, 5.41) is 66.7. The molecule has 2 rings (SSSR count). The summed E-state index contributed by atoms with van der Waals surface area (Å²) in [5.74, 6) is 0. The Morgan fingerprint density at radius 1 is 0.600 bits per heavy atom. The molecule has 0 aliphatic rings. The first-order chi connectivity index (χ1) is 14.3. The van der Waals surface area contributed by atoms with Gasteiger partial charge in [-0.05, 0) is 10.9 Å². The molecule has 8 heteroatoms. The molecule has 0 aliphatic carbocycles. The first-order valence-corrected chi connectivity index (χ1v) is 8.66. The van der Waals surface area contributed by atoms with E-state index < -0.39 is 5.31 Å². The van der Waals surface area contributed by atoms with E-state index in [2.05, 4.69) is 0 Å². The molecule has 1 atom stereocenters. The Morgan fingerprint density at radius 3 is 1.27 bits per heavy atom. The molecule has 0 aromatic heterocycles. The van der Waals surface area contributed by atoms with Gasteiger partial charge >= 0.3 is 0 Å². The molecule has 0 saturated heterocycles. The second-order valence-corrected chi connectivity index (χ2v) is 6.70. The van der Waals surface area contributed by atoms with Crippen LogP contribution in [-0.2, 0) is 5.31 Å². The summed E-state index contributed by atoms with van der Waals surface area (Å²) in [4.78, 5) is 0. The minimum atomic E-state index is -1.20. The maximum Gasteiger partial charge on any atom is 0.102 e. The molecule has 2 aromatic rings. The number of hydrogen-bond donors (Lipinski definition) is 0. The summed E-state index contributed by atoms with van der Waals surface area (Å²) in [6, 6.07) is 12.8. The highest BCUT2D eigenvalue weighted by molar-refractivity contribution is 6.17. The van der Waals surface area contributed by atoms with Crippen molar-refractivity contribution in [3.05, 3.63) is 44.5 Å². The van der Waals surface area contributed by atoms with Gasteiger partial charge in [0, 0.05) is 10.8 Å². The summed E-state index contributed by atoms with van der Waals surface area (Å²) in [5.41, 5.74) is -1.93. The Balaban J connectivity index is 3.55. The molecule has 0 bridgehead atoms. The van der Waals surface area contributed by atoms with E-state index in [0.717, 1.165) is 0 Å². The standard InChI is InChI=1S/C22H10BN7/c1-3-4-22(2,23)21-17(10-29)16(9-28)19-14(7-26)12(5-24)13(6-25)15(8-27)20(19)18(21)11-30/h3-4H2,1-2H3. The molecule has 2 aromatic carbocycles. The maximum absolute atomic E-state index is 9.97. The molecule has 0 aliphatic heterocycles. The Hall–Kier alpha value is -4.81. The predicted molar refractivity (Wildman–Crippen MR) is 105 cm³/mol. The Morgan fingerprint density at radius 2 is 0.933 bits per heavy atom. The lowest BCUT2D eigenvalue weighted by molar-refractivity contribution is 0.593. The van der Waals surface area contributed by atoms with Gasteiger partial charge in [-0.25, -0.2) is 0 Å². The number of hydrogen-bond acceptors (Lipinski definition) is 7. The van der Waals surface area contributed by atoms with E-state index in [-0.39, 0.29) is 55.3 Å². The van der Waals surface area contributed by atoms with Crippen LogP contribution in [0.25, 0.3) is 10.8 Å². The molecule has 0 amide bonds. The molecule has 2 radical (unpaired) electrons. The van der Waals surface area contributed by atoms with Gasteiger partial charge in [0.25, 0.3) is 0 Å². The van der Waals surface area contributed by atoms with Crippen molar-refractivity contribution in [3.63, 3.8) is 0 Å². The van der Waals surface area contributed by atoms with E-state index in [4.69, 9.17) is 7.85 Å². The molecule has 136 valence electrons. The molecular weight excluding hydrogens is 373 g/mol. The fourth-order valence-electron chi connectivity index (χ4n) is 3.75. The van der Waals surface area contributed by atoms with Crippen LogP contribution < -0.4 is 0 Å². The second kappa shape index (κ2) is 8.06. The van der Waals surface area contributed by atoms with Gasteiger partial charge in [-0.2, -0.15) is 36.8 Å². The molecule has 0 saturated carbocycles. The van der Waals surface area contributed by atoms with Gasteiger partial charge in [0.1, 0.15) is 42.5 Å². The predicted octanol–water partition coefficient (Wildman–Crippen LogP) is 3.13. The lowest BCUT2D eigenvalue weighted by Crippen LogP contribution is -2.26. The molecule has 1 unspecified atom stereocenters. The third kappa shape index (κ3) is 2.86. The van der Waals surface area contributed by atoms with Crippen LogP contribution in [0.5, 0.6) is 0 Å². The van der Waals surface area contributed by atoms with Crippen molar-refractivity contribution < 1.29 is 0 Å². The van der Waals surface area contributed by atoms with Crippen molar-refractivity contribution in [2.24, 2.45) is 0 Å². The number of benzene rings is 2. The van der Waals surface area contributed by atoms with Crippen LogP contribution in [0, 0.1) is 79.3 Å². The van der Waals surface area contributed by atoms with Gasteiger partial charge in [0.2, 0.25) is 0 Å². The Bertz CT molecular complexity index is 1400. The zero-order valence-electron chi connectivity index (χ0n) is 16.1. The number of nitriles is 7. The lowest BCUT2D eigenvalue weighted by Gasteiger charge is -2.29. The summed E-state index contributed by atoms with van der Waals surface area (Å²) in [6.07, 6.45) is 0.967. The second-order valence-electron chi connectivity index (χ2n) is 6.70. The molecule has 0 fully saturated rings. The number of nitrogens with zero attached hydrogens (tertiary/aromatic N) is 7. The van der Waals surface area contributed by atoms with E-state index in [9.17, 15) is 36.8 Å².